The monoisotopic (exact) mass is 432 g/mol. The Kier molecular flexibility index (Phi) is 4.91. The van der Waals surface area contributed by atoms with E-state index in [1.54, 1.807) is 12.1 Å². The zero-order valence-corrected chi connectivity index (χ0v) is 14.6. The van der Waals surface area contributed by atoms with Crippen LogP contribution in [0.2, 0.25) is 0 Å². The SMILES string of the molecule is O=C(OCc1nc(-c2ccc(C(F)(F)F)cc2)no1)c1ccc(Br)s1. The summed E-state index contributed by atoms with van der Waals surface area (Å²) in [7, 11) is 0. The van der Waals surface area contributed by atoms with Crippen LogP contribution in [-0.2, 0) is 17.5 Å². The quantitative estimate of drug-likeness (QED) is 0.546. The van der Waals surface area contributed by atoms with Crippen LogP contribution in [0.1, 0.15) is 21.1 Å². The van der Waals surface area contributed by atoms with E-state index in [1.807, 2.05) is 0 Å². The van der Waals surface area contributed by atoms with Crippen LogP contribution in [0.4, 0.5) is 13.2 Å². The number of hydrogen-bond acceptors (Lipinski definition) is 6. The predicted octanol–water partition coefficient (Wildman–Crippen LogP) is 4.94. The third-order valence-corrected chi connectivity index (χ3v) is 4.64. The van der Waals surface area contributed by atoms with Crippen molar-refractivity contribution in [2.24, 2.45) is 0 Å². The van der Waals surface area contributed by atoms with Gasteiger partial charge in [-0.3, -0.25) is 0 Å². The summed E-state index contributed by atoms with van der Waals surface area (Å²) in [6, 6.07) is 7.68. The molecular weight excluding hydrogens is 425 g/mol. The number of rotatable bonds is 4. The number of thiophene rings is 1. The molecule has 3 aromatic rings. The highest BCUT2D eigenvalue weighted by Gasteiger charge is 2.30. The smallest absolute Gasteiger partial charge is 0.416 e. The second-order valence-electron chi connectivity index (χ2n) is 4.77. The van der Waals surface area contributed by atoms with Gasteiger partial charge in [-0.05, 0) is 40.2 Å². The van der Waals surface area contributed by atoms with Crippen molar-refractivity contribution in [2.45, 2.75) is 12.8 Å². The minimum atomic E-state index is -4.41. The van der Waals surface area contributed by atoms with E-state index in [-0.39, 0.29) is 18.3 Å². The molecule has 0 spiro atoms. The van der Waals surface area contributed by atoms with Crippen molar-refractivity contribution in [3.8, 4) is 11.4 Å². The molecule has 1 aromatic carbocycles. The maximum atomic E-state index is 12.5. The molecule has 130 valence electrons. The van der Waals surface area contributed by atoms with Crippen LogP contribution < -0.4 is 0 Å². The van der Waals surface area contributed by atoms with E-state index >= 15 is 0 Å². The number of esters is 1. The molecule has 0 bridgehead atoms. The van der Waals surface area contributed by atoms with E-state index in [9.17, 15) is 18.0 Å². The fourth-order valence-corrected chi connectivity index (χ4v) is 3.14. The van der Waals surface area contributed by atoms with Crippen molar-refractivity contribution < 1.29 is 27.2 Å². The predicted molar refractivity (Wildman–Crippen MR) is 85.9 cm³/mol. The second-order valence-corrected chi connectivity index (χ2v) is 7.23. The largest absolute Gasteiger partial charge is 0.451 e. The van der Waals surface area contributed by atoms with Crippen LogP contribution in [0, 0.1) is 0 Å². The van der Waals surface area contributed by atoms with E-state index < -0.39 is 17.7 Å². The number of alkyl halides is 3. The van der Waals surface area contributed by atoms with Crippen molar-refractivity contribution in [3.05, 3.63) is 56.5 Å². The average molecular weight is 433 g/mol. The Hall–Kier alpha value is -2.20. The summed E-state index contributed by atoms with van der Waals surface area (Å²) in [5.74, 6) is -0.387. The van der Waals surface area contributed by atoms with Gasteiger partial charge < -0.3 is 9.26 Å². The summed E-state index contributed by atoms with van der Waals surface area (Å²) >= 11 is 4.46. The van der Waals surface area contributed by atoms with Gasteiger partial charge in [-0.25, -0.2) is 4.79 Å². The van der Waals surface area contributed by atoms with Gasteiger partial charge in [0, 0.05) is 5.56 Å². The normalized spacial score (nSPS) is 11.5. The van der Waals surface area contributed by atoms with Gasteiger partial charge in [0.1, 0.15) is 4.88 Å². The molecule has 0 atom stereocenters. The Balaban J connectivity index is 1.65. The van der Waals surface area contributed by atoms with Gasteiger partial charge >= 0.3 is 12.1 Å². The minimum absolute atomic E-state index is 0.0406. The third-order valence-electron chi connectivity index (χ3n) is 3.04. The van der Waals surface area contributed by atoms with Gasteiger partial charge in [0.15, 0.2) is 6.61 Å². The molecular formula is C15H8BrF3N2O3S. The first-order valence-corrected chi connectivity index (χ1v) is 8.36. The van der Waals surface area contributed by atoms with Gasteiger partial charge in [-0.15, -0.1) is 11.3 Å². The van der Waals surface area contributed by atoms with Crippen molar-refractivity contribution in [1.82, 2.24) is 10.1 Å². The van der Waals surface area contributed by atoms with Gasteiger partial charge in [0.25, 0.3) is 5.89 Å². The van der Waals surface area contributed by atoms with Crippen molar-refractivity contribution >= 4 is 33.2 Å². The van der Waals surface area contributed by atoms with E-state index in [0.717, 1.165) is 15.9 Å². The first kappa shape index (κ1) is 17.6. The summed E-state index contributed by atoms with van der Waals surface area (Å²) in [4.78, 5) is 16.2. The van der Waals surface area contributed by atoms with Gasteiger partial charge in [-0.2, -0.15) is 18.2 Å². The zero-order chi connectivity index (χ0) is 18.0. The lowest BCUT2D eigenvalue weighted by Gasteiger charge is -2.05. The molecule has 0 radical (unpaired) electrons. The number of hydrogen-bond donors (Lipinski definition) is 0. The molecule has 0 fully saturated rings. The highest BCUT2D eigenvalue weighted by atomic mass is 79.9. The lowest BCUT2D eigenvalue weighted by Crippen LogP contribution is -2.04. The van der Waals surface area contributed by atoms with Crippen LogP contribution >= 0.6 is 27.3 Å². The summed E-state index contributed by atoms with van der Waals surface area (Å²) in [6.45, 7) is -0.234. The lowest BCUT2D eigenvalue weighted by atomic mass is 10.1. The third kappa shape index (κ3) is 4.26. The molecule has 2 aromatic heterocycles. The fourth-order valence-electron chi connectivity index (χ4n) is 1.86. The van der Waals surface area contributed by atoms with Crippen molar-refractivity contribution in [1.29, 1.82) is 0 Å². The standard InChI is InChI=1S/C15H8BrF3N2O3S/c16-11-6-5-10(25-11)14(22)23-7-12-20-13(21-24-12)8-1-3-9(4-2-8)15(17,18)19/h1-6H,7H2. The van der Waals surface area contributed by atoms with E-state index in [0.29, 0.717) is 10.4 Å². The van der Waals surface area contributed by atoms with Gasteiger partial charge in [0.05, 0.1) is 9.35 Å². The maximum absolute atomic E-state index is 12.5. The van der Waals surface area contributed by atoms with Crippen molar-refractivity contribution in [3.63, 3.8) is 0 Å². The molecule has 3 rings (SSSR count). The first-order valence-electron chi connectivity index (χ1n) is 6.75. The molecule has 5 nitrogen and oxygen atoms in total. The Morgan fingerprint density at radius 1 is 1.20 bits per heavy atom. The molecule has 0 aliphatic rings. The van der Waals surface area contributed by atoms with Crippen LogP contribution in [0.5, 0.6) is 0 Å². The number of halogens is 4. The zero-order valence-electron chi connectivity index (χ0n) is 12.2. The molecule has 10 heteroatoms. The summed E-state index contributed by atoms with van der Waals surface area (Å²) in [5.41, 5.74) is -0.410. The number of aromatic nitrogens is 2. The molecule has 0 unspecified atom stereocenters. The Morgan fingerprint density at radius 3 is 2.52 bits per heavy atom. The molecule has 25 heavy (non-hydrogen) atoms. The summed E-state index contributed by atoms with van der Waals surface area (Å²) < 4.78 is 48.4. The van der Waals surface area contributed by atoms with Crippen LogP contribution in [0.25, 0.3) is 11.4 Å². The lowest BCUT2D eigenvalue weighted by molar-refractivity contribution is -0.137. The summed E-state index contributed by atoms with van der Waals surface area (Å²) in [5, 5.41) is 3.67. The fraction of sp³-hybridized carbons (Fsp3) is 0.133. The number of carbonyl (C=O) groups is 1. The molecule has 0 N–H and O–H groups in total. The van der Waals surface area contributed by atoms with Crippen LogP contribution in [-0.4, -0.2) is 16.1 Å². The van der Waals surface area contributed by atoms with E-state index in [4.69, 9.17) is 9.26 Å². The first-order chi connectivity index (χ1) is 11.8. The van der Waals surface area contributed by atoms with Crippen molar-refractivity contribution in [2.75, 3.05) is 0 Å². The Morgan fingerprint density at radius 2 is 1.92 bits per heavy atom. The minimum Gasteiger partial charge on any atom is -0.451 e. The van der Waals surface area contributed by atoms with Gasteiger partial charge in [0.2, 0.25) is 5.82 Å². The Labute approximate surface area is 151 Å². The Bertz CT molecular complexity index is 890. The van der Waals surface area contributed by atoms with E-state index in [2.05, 4.69) is 26.1 Å². The van der Waals surface area contributed by atoms with Crippen LogP contribution in [0.15, 0.2) is 44.7 Å². The maximum Gasteiger partial charge on any atom is 0.416 e. The van der Waals surface area contributed by atoms with Gasteiger partial charge in [-0.1, -0.05) is 17.3 Å². The summed E-state index contributed by atoms with van der Waals surface area (Å²) in [6.07, 6.45) is -4.41. The molecule has 0 amide bonds. The highest BCUT2D eigenvalue weighted by Crippen LogP contribution is 2.30. The highest BCUT2D eigenvalue weighted by molar-refractivity contribution is 9.11. The van der Waals surface area contributed by atoms with Crippen LogP contribution in [0.3, 0.4) is 0 Å². The molecule has 0 aliphatic carbocycles. The molecule has 0 saturated carbocycles. The number of carbonyl (C=O) groups excluding carboxylic acids is 1. The average Bonchev–Trinajstić information content (AvgIpc) is 3.21. The molecule has 2 heterocycles. The molecule has 0 saturated heterocycles. The van der Waals surface area contributed by atoms with E-state index in [1.165, 1.54) is 23.5 Å². The number of nitrogens with zero attached hydrogens (tertiary/aromatic N) is 2. The number of ether oxygens (including phenoxy) is 1. The molecule has 0 aliphatic heterocycles. The number of benzene rings is 1. The topological polar surface area (TPSA) is 65.2 Å². The second kappa shape index (κ2) is 6.96.